The van der Waals surface area contributed by atoms with Gasteiger partial charge in [0.25, 0.3) is 5.91 Å². The van der Waals surface area contributed by atoms with Crippen LogP contribution in [0.25, 0.3) is 11.3 Å². The summed E-state index contributed by atoms with van der Waals surface area (Å²) < 4.78 is 38.7. The molecule has 1 N–H and O–H groups in total. The molecule has 1 unspecified atom stereocenters. The highest BCUT2D eigenvalue weighted by molar-refractivity contribution is 5.99. The maximum atomic E-state index is 13.9. The molecule has 3 aromatic heterocycles. The number of rotatable bonds is 4. The standard InChI is InChI=1S/C26H26F3N5O/c1-15-4-3-11-30-23(15)19-8-5-16(2)32-24(19)25(35)34-14-17-6-9-21(34)20(12-17)33-22-10-7-18(13-31-22)26(27,28)29/h3-5,7-8,10-11,13,17,20-21H,6,9,12,14H2,1-2H3,(H,31,33)/t17?,20-,21+/m1/s1. The first-order chi connectivity index (χ1) is 16.7. The van der Waals surface area contributed by atoms with Crippen molar-refractivity contribution >= 4 is 11.7 Å². The number of aryl methyl sites for hydroxylation is 2. The Morgan fingerprint density at radius 2 is 1.91 bits per heavy atom. The predicted octanol–water partition coefficient (Wildman–Crippen LogP) is 5.28. The number of hydrogen-bond acceptors (Lipinski definition) is 5. The average molecular weight is 482 g/mol. The monoisotopic (exact) mass is 481 g/mol. The molecule has 1 amide bonds. The minimum atomic E-state index is -4.43. The van der Waals surface area contributed by atoms with Crippen LogP contribution in [0.3, 0.4) is 0 Å². The number of fused-ring (bicyclic) bond motifs is 3. The van der Waals surface area contributed by atoms with E-state index in [2.05, 4.69) is 20.3 Å². The average Bonchev–Trinajstić information content (AvgIpc) is 2.84. The molecule has 0 radical (unpaired) electrons. The topological polar surface area (TPSA) is 71.0 Å². The first-order valence-corrected chi connectivity index (χ1v) is 11.7. The van der Waals surface area contributed by atoms with Gasteiger partial charge in [0.2, 0.25) is 0 Å². The highest BCUT2D eigenvalue weighted by Gasteiger charge is 2.44. The number of carbonyl (C=O) groups excluding carboxylic acids is 1. The van der Waals surface area contributed by atoms with Gasteiger partial charge in [-0.15, -0.1) is 0 Å². The van der Waals surface area contributed by atoms with E-state index in [1.54, 1.807) is 6.20 Å². The molecule has 6 rings (SSSR count). The third-order valence-electron chi connectivity index (χ3n) is 6.96. The van der Waals surface area contributed by atoms with E-state index < -0.39 is 11.7 Å². The van der Waals surface area contributed by atoms with Crippen LogP contribution in [0.2, 0.25) is 0 Å². The molecule has 1 saturated carbocycles. The number of piperidine rings is 2. The van der Waals surface area contributed by atoms with E-state index >= 15 is 0 Å². The second-order valence-corrected chi connectivity index (χ2v) is 9.40. The number of nitrogens with zero attached hydrogens (tertiary/aromatic N) is 4. The fourth-order valence-corrected chi connectivity index (χ4v) is 5.23. The van der Waals surface area contributed by atoms with Crippen molar-refractivity contribution in [2.45, 2.75) is 51.4 Å². The minimum Gasteiger partial charge on any atom is -0.365 e. The fourth-order valence-electron chi connectivity index (χ4n) is 5.23. The molecular weight excluding hydrogens is 455 g/mol. The van der Waals surface area contributed by atoms with Crippen molar-refractivity contribution in [1.82, 2.24) is 19.9 Å². The Balaban J connectivity index is 1.42. The molecule has 35 heavy (non-hydrogen) atoms. The number of nitrogens with one attached hydrogen (secondary N) is 1. The Kier molecular flexibility index (Phi) is 5.94. The Morgan fingerprint density at radius 1 is 1.09 bits per heavy atom. The van der Waals surface area contributed by atoms with Crippen molar-refractivity contribution in [2.24, 2.45) is 5.92 Å². The zero-order chi connectivity index (χ0) is 24.7. The Morgan fingerprint density at radius 3 is 2.60 bits per heavy atom. The lowest BCUT2D eigenvalue weighted by Crippen LogP contribution is -2.60. The maximum Gasteiger partial charge on any atom is 0.417 e. The summed E-state index contributed by atoms with van der Waals surface area (Å²) in [5.74, 6) is 0.539. The summed E-state index contributed by atoms with van der Waals surface area (Å²) in [5, 5.41) is 3.29. The van der Waals surface area contributed by atoms with E-state index in [4.69, 9.17) is 0 Å². The second-order valence-electron chi connectivity index (χ2n) is 9.40. The summed E-state index contributed by atoms with van der Waals surface area (Å²) in [4.78, 5) is 28.8. The fraction of sp³-hybridized carbons (Fsp3) is 0.385. The summed E-state index contributed by atoms with van der Waals surface area (Å²) in [7, 11) is 0. The molecule has 2 aliphatic heterocycles. The highest BCUT2D eigenvalue weighted by Crippen LogP contribution is 2.38. The van der Waals surface area contributed by atoms with Crippen LogP contribution in [0.5, 0.6) is 0 Å². The van der Waals surface area contributed by atoms with Gasteiger partial charge in [-0.25, -0.2) is 9.97 Å². The van der Waals surface area contributed by atoms with Crippen LogP contribution < -0.4 is 5.32 Å². The van der Waals surface area contributed by atoms with Crippen LogP contribution in [-0.4, -0.2) is 44.4 Å². The van der Waals surface area contributed by atoms with Gasteiger partial charge in [-0.3, -0.25) is 9.78 Å². The molecule has 9 heteroatoms. The number of alkyl halides is 3. The normalized spacial score (nSPS) is 21.7. The van der Waals surface area contributed by atoms with Gasteiger partial charge >= 0.3 is 6.18 Å². The van der Waals surface area contributed by atoms with E-state index in [0.717, 1.165) is 48.5 Å². The lowest BCUT2D eigenvalue weighted by Gasteiger charge is -2.50. The van der Waals surface area contributed by atoms with E-state index in [0.29, 0.717) is 29.5 Å². The third-order valence-corrected chi connectivity index (χ3v) is 6.96. The number of pyridine rings is 3. The molecule has 3 aromatic rings. The van der Waals surface area contributed by atoms with Gasteiger partial charge in [0.15, 0.2) is 0 Å². The molecule has 0 aromatic carbocycles. The van der Waals surface area contributed by atoms with Crippen LogP contribution in [-0.2, 0) is 6.18 Å². The molecule has 0 spiro atoms. The lowest BCUT2D eigenvalue weighted by atomic mass is 9.76. The largest absolute Gasteiger partial charge is 0.417 e. The van der Waals surface area contributed by atoms with Crippen molar-refractivity contribution in [1.29, 1.82) is 0 Å². The molecule has 3 aliphatic rings. The SMILES string of the molecule is Cc1ccc(-c2ncccc2C)c(C(=O)N2CC3CC[C@H]2[C@H](Nc2ccc(C(F)(F)F)cn2)C3)n1. The molecule has 1 aliphatic carbocycles. The molecule has 2 saturated heterocycles. The predicted molar refractivity (Wildman–Crippen MR) is 126 cm³/mol. The Hall–Kier alpha value is -3.49. The number of aromatic nitrogens is 3. The zero-order valence-electron chi connectivity index (χ0n) is 19.5. The molecule has 2 bridgehead atoms. The Labute approximate surface area is 201 Å². The summed E-state index contributed by atoms with van der Waals surface area (Å²) in [6.45, 7) is 4.45. The van der Waals surface area contributed by atoms with Gasteiger partial charge in [0.1, 0.15) is 11.5 Å². The van der Waals surface area contributed by atoms with Crippen molar-refractivity contribution < 1.29 is 18.0 Å². The molecule has 3 atom stereocenters. The minimum absolute atomic E-state index is 0.0967. The summed E-state index contributed by atoms with van der Waals surface area (Å²) in [6.07, 6.45) is 0.785. The van der Waals surface area contributed by atoms with Crippen molar-refractivity contribution in [2.75, 3.05) is 11.9 Å². The summed E-state index contributed by atoms with van der Waals surface area (Å²) in [6, 6.07) is 9.77. The third kappa shape index (κ3) is 4.59. The van der Waals surface area contributed by atoms with E-state index in [9.17, 15) is 18.0 Å². The summed E-state index contributed by atoms with van der Waals surface area (Å²) in [5.41, 5.74) is 2.73. The molecule has 182 valence electrons. The van der Waals surface area contributed by atoms with Crippen LogP contribution in [0.4, 0.5) is 19.0 Å². The number of hydrogen-bond donors (Lipinski definition) is 1. The first kappa shape index (κ1) is 23.3. The van der Waals surface area contributed by atoms with E-state index in [1.807, 2.05) is 43.0 Å². The molecular formula is C26H26F3N5O. The number of amides is 1. The van der Waals surface area contributed by atoms with Crippen molar-refractivity contribution in [3.8, 4) is 11.3 Å². The van der Waals surface area contributed by atoms with Gasteiger partial charge in [0.05, 0.1) is 17.3 Å². The lowest BCUT2D eigenvalue weighted by molar-refractivity contribution is -0.137. The van der Waals surface area contributed by atoms with Crippen LogP contribution >= 0.6 is 0 Å². The first-order valence-electron chi connectivity index (χ1n) is 11.7. The quantitative estimate of drug-likeness (QED) is 0.549. The van der Waals surface area contributed by atoms with Crippen LogP contribution in [0.15, 0.2) is 48.8 Å². The molecule has 5 heterocycles. The van der Waals surface area contributed by atoms with Gasteiger partial charge in [0, 0.05) is 36.2 Å². The highest BCUT2D eigenvalue weighted by atomic mass is 19.4. The van der Waals surface area contributed by atoms with E-state index in [-0.39, 0.29) is 18.0 Å². The molecule has 6 nitrogen and oxygen atoms in total. The van der Waals surface area contributed by atoms with Gasteiger partial charge in [-0.1, -0.05) is 6.07 Å². The number of anilines is 1. The van der Waals surface area contributed by atoms with Gasteiger partial charge in [-0.05, 0) is 74.9 Å². The Bertz CT molecular complexity index is 1240. The molecule has 3 fully saturated rings. The van der Waals surface area contributed by atoms with Crippen LogP contribution in [0, 0.1) is 19.8 Å². The zero-order valence-corrected chi connectivity index (χ0v) is 19.5. The number of halogens is 3. The van der Waals surface area contributed by atoms with Gasteiger partial charge < -0.3 is 10.2 Å². The van der Waals surface area contributed by atoms with Gasteiger partial charge in [-0.2, -0.15) is 13.2 Å². The van der Waals surface area contributed by atoms with Crippen LogP contribution in [0.1, 0.15) is 46.6 Å². The maximum absolute atomic E-state index is 13.9. The second kappa shape index (κ2) is 8.94. The summed E-state index contributed by atoms with van der Waals surface area (Å²) >= 11 is 0. The van der Waals surface area contributed by atoms with E-state index in [1.165, 1.54) is 6.07 Å². The van der Waals surface area contributed by atoms with Crippen molar-refractivity contribution in [3.63, 3.8) is 0 Å². The smallest absolute Gasteiger partial charge is 0.365 e. The number of carbonyl (C=O) groups is 1. The van der Waals surface area contributed by atoms with Crippen molar-refractivity contribution in [3.05, 3.63) is 71.3 Å².